The molecule has 0 aromatic rings. The lowest BCUT2D eigenvalue weighted by atomic mass is 10.1. The molecule has 0 rings (SSSR count). The van der Waals surface area contributed by atoms with E-state index in [-0.39, 0.29) is 0 Å². The van der Waals surface area contributed by atoms with Crippen LogP contribution in [0.25, 0.3) is 0 Å². The van der Waals surface area contributed by atoms with Crippen molar-refractivity contribution in [1.82, 2.24) is 10.2 Å². The van der Waals surface area contributed by atoms with E-state index in [4.69, 9.17) is 0 Å². The van der Waals surface area contributed by atoms with Crippen LogP contribution >= 0.6 is 0 Å². The summed E-state index contributed by atoms with van der Waals surface area (Å²) in [6, 6.07) is 0. The van der Waals surface area contributed by atoms with E-state index >= 15 is 0 Å². The zero-order valence-corrected chi connectivity index (χ0v) is 12.3. The first-order chi connectivity index (χ1) is 7.84. The molecule has 17 heavy (non-hydrogen) atoms. The van der Waals surface area contributed by atoms with Gasteiger partial charge < -0.3 is 10.2 Å². The normalized spacial score (nSPS) is 10.8. The third kappa shape index (κ3) is 7.89. The van der Waals surface area contributed by atoms with E-state index in [0.717, 1.165) is 31.1 Å². The molecule has 1 N–H and O–H groups in total. The second kappa shape index (κ2) is 8.21. The molecular formula is C15H30N2. The Kier molecular flexibility index (Phi) is 7.77. The van der Waals surface area contributed by atoms with E-state index in [1.54, 1.807) is 0 Å². The van der Waals surface area contributed by atoms with Gasteiger partial charge in [-0.15, -0.1) is 0 Å². The van der Waals surface area contributed by atoms with E-state index in [2.05, 4.69) is 58.1 Å². The highest BCUT2D eigenvalue weighted by Crippen LogP contribution is 2.12. The summed E-state index contributed by atoms with van der Waals surface area (Å²) in [5, 5.41) is 3.36. The standard InChI is InChI=1S/C15H30N2/c1-12(2)8-9-14(5)17(7)11-10-16-15(6)13(3)4/h12-13,16H,5-6,8-11H2,1-4,7H3. The topological polar surface area (TPSA) is 15.3 Å². The number of likely N-dealkylation sites (N-methyl/N-ethyl adjacent to an activating group) is 1. The first kappa shape index (κ1) is 16.1. The number of allylic oxidation sites excluding steroid dienone is 2. The highest BCUT2D eigenvalue weighted by molar-refractivity contribution is 4.96. The summed E-state index contributed by atoms with van der Waals surface area (Å²) in [5.41, 5.74) is 2.35. The number of rotatable bonds is 9. The molecule has 0 aromatic carbocycles. The largest absolute Gasteiger partial charge is 0.387 e. The average molecular weight is 238 g/mol. The second-order valence-electron chi connectivity index (χ2n) is 5.53. The molecule has 0 saturated heterocycles. The Hall–Kier alpha value is -0.920. The van der Waals surface area contributed by atoms with Gasteiger partial charge in [-0.1, -0.05) is 40.9 Å². The van der Waals surface area contributed by atoms with Gasteiger partial charge in [0.2, 0.25) is 0 Å². The predicted octanol–water partition coefficient (Wildman–Crippen LogP) is 3.63. The molecule has 0 spiro atoms. The third-order valence-corrected chi connectivity index (χ3v) is 3.05. The van der Waals surface area contributed by atoms with Crippen molar-refractivity contribution in [2.75, 3.05) is 20.1 Å². The molecule has 2 heteroatoms. The molecule has 0 aliphatic rings. The van der Waals surface area contributed by atoms with Crippen LogP contribution in [0.4, 0.5) is 0 Å². The van der Waals surface area contributed by atoms with Gasteiger partial charge in [0.15, 0.2) is 0 Å². The van der Waals surface area contributed by atoms with E-state index in [1.165, 1.54) is 12.1 Å². The first-order valence-electron chi connectivity index (χ1n) is 6.66. The van der Waals surface area contributed by atoms with Crippen molar-refractivity contribution in [3.05, 3.63) is 24.6 Å². The summed E-state index contributed by atoms with van der Waals surface area (Å²) in [6.45, 7) is 18.9. The molecule has 0 heterocycles. The number of nitrogens with zero attached hydrogens (tertiary/aromatic N) is 1. The fourth-order valence-electron chi connectivity index (χ4n) is 1.39. The minimum absolute atomic E-state index is 0.504. The molecule has 0 radical (unpaired) electrons. The number of nitrogens with one attached hydrogen (secondary N) is 1. The van der Waals surface area contributed by atoms with Crippen LogP contribution in [0.5, 0.6) is 0 Å². The van der Waals surface area contributed by atoms with E-state index in [1.807, 2.05) is 0 Å². The SMILES string of the molecule is C=C(NCCN(C)C(=C)CCC(C)C)C(C)C. The van der Waals surface area contributed by atoms with Crippen LogP contribution in [-0.2, 0) is 0 Å². The molecule has 0 bridgehead atoms. The van der Waals surface area contributed by atoms with Crippen molar-refractivity contribution in [3.8, 4) is 0 Å². The van der Waals surface area contributed by atoms with Gasteiger partial charge in [-0.05, 0) is 24.7 Å². The minimum Gasteiger partial charge on any atom is -0.387 e. The summed E-state index contributed by atoms with van der Waals surface area (Å²) < 4.78 is 0. The molecular weight excluding hydrogens is 208 g/mol. The Labute approximate surface area is 108 Å². The average Bonchev–Trinajstić information content (AvgIpc) is 2.25. The zero-order valence-electron chi connectivity index (χ0n) is 12.3. The van der Waals surface area contributed by atoms with Crippen LogP contribution in [0.3, 0.4) is 0 Å². The van der Waals surface area contributed by atoms with E-state index in [9.17, 15) is 0 Å². The third-order valence-electron chi connectivity index (χ3n) is 3.05. The molecule has 0 amide bonds. The zero-order chi connectivity index (χ0) is 13.4. The Balaban J connectivity index is 3.74. The van der Waals surface area contributed by atoms with Gasteiger partial charge in [0.25, 0.3) is 0 Å². The minimum atomic E-state index is 0.504. The molecule has 0 atom stereocenters. The maximum absolute atomic E-state index is 4.14. The van der Waals surface area contributed by atoms with Crippen LogP contribution in [-0.4, -0.2) is 25.0 Å². The van der Waals surface area contributed by atoms with Crippen LogP contribution in [0.2, 0.25) is 0 Å². The first-order valence-corrected chi connectivity index (χ1v) is 6.66. The molecule has 0 unspecified atom stereocenters. The highest BCUT2D eigenvalue weighted by atomic mass is 15.1. The van der Waals surface area contributed by atoms with Gasteiger partial charge in [-0.3, -0.25) is 0 Å². The molecule has 0 fully saturated rings. The maximum Gasteiger partial charge on any atom is 0.0345 e. The van der Waals surface area contributed by atoms with Crippen molar-refractivity contribution in [3.63, 3.8) is 0 Å². The van der Waals surface area contributed by atoms with Crippen molar-refractivity contribution >= 4 is 0 Å². The van der Waals surface area contributed by atoms with Crippen molar-refractivity contribution in [2.24, 2.45) is 11.8 Å². The van der Waals surface area contributed by atoms with E-state index < -0.39 is 0 Å². The van der Waals surface area contributed by atoms with Crippen LogP contribution in [0.1, 0.15) is 40.5 Å². The molecule has 0 saturated carbocycles. The lowest BCUT2D eigenvalue weighted by molar-refractivity contribution is 0.387. The predicted molar refractivity (Wildman–Crippen MR) is 77.8 cm³/mol. The van der Waals surface area contributed by atoms with Gasteiger partial charge in [0, 0.05) is 31.5 Å². The fraction of sp³-hybridized carbons (Fsp3) is 0.733. The van der Waals surface area contributed by atoms with Crippen molar-refractivity contribution in [2.45, 2.75) is 40.5 Å². The Bertz CT molecular complexity index is 241. The Morgan fingerprint density at radius 3 is 2.24 bits per heavy atom. The smallest absolute Gasteiger partial charge is 0.0345 e. The van der Waals surface area contributed by atoms with Crippen LogP contribution in [0.15, 0.2) is 24.6 Å². The summed E-state index contributed by atoms with van der Waals surface area (Å²) in [6.07, 6.45) is 2.31. The number of hydrogen-bond donors (Lipinski definition) is 1. The lowest BCUT2D eigenvalue weighted by Gasteiger charge is -2.23. The highest BCUT2D eigenvalue weighted by Gasteiger charge is 2.04. The Morgan fingerprint density at radius 2 is 1.76 bits per heavy atom. The molecule has 0 aliphatic heterocycles. The molecule has 0 aliphatic carbocycles. The second-order valence-corrected chi connectivity index (χ2v) is 5.53. The maximum atomic E-state index is 4.14. The summed E-state index contributed by atoms with van der Waals surface area (Å²) in [7, 11) is 2.11. The van der Waals surface area contributed by atoms with Gasteiger partial charge in [-0.25, -0.2) is 0 Å². The molecule has 2 nitrogen and oxygen atoms in total. The van der Waals surface area contributed by atoms with Gasteiger partial charge >= 0.3 is 0 Å². The van der Waals surface area contributed by atoms with Crippen molar-refractivity contribution < 1.29 is 0 Å². The quantitative estimate of drug-likeness (QED) is 0.660. The van der Waals surface area contributed by atoms with Crippen LogP contribution in [0, 0.1) is 11.8 Å². The lowest BCUT2D eigenvalue weighted by Crippen LogP contribution is -2.29. The molecule has 0 aromatic heterocycles. The summed E-state index contributed by atoms with van der Waals surface area (Å²) in [5.74, 6) is 1.25. The monoisotopic (exact) mass is 238 g/mol. The molecule has 100 valence electrons. The van der Waals surface area contributed by atoms with Crippen molar-refractivity contribution in [1.29, 1.82) is 0 Å². The van der Waals surface area contributed by atoms with Gasteiger partial charge in [-0.2, -0.15) is 0 Å². The summed E-state index contributed by atoms with van der Waals surface area (Å²) >= 11 is 0. The number of hydrogen-bond acceptors (Lipinski definition) is 2. The van der Waals surface area contributed by atoms with E-state index in [0.29, 0.717) is 5.92 Å². The summed E-state index contributed by atoms with van der Waals surface area (Å²) in [4.78, 5) is 2.24. The van der Waals surface area contributed by atoms with Gasteiger partial charge in [0.05, 0.1) is 0 Å². The Morgan fingerprint density at radius 1 is 1.18 bits per heavy atom. The van der Waals surface area contributed by atoms with Crippen LogP contribution < -0.4 is 5.32 Å². The fourth-order valence-corrected chi connectivity index (χ4v) is 1.39. The van der Waals surface area contributed by atoms with Gasteiger partial charge in [0.1, 0.15) is 0 Å².